The van der Waals surface area contributed by atoms with E-state index in [9.17, 15) is 4.79 Å². The highest BCUT2D eigenvalue weighted by Crippen LogP contribution is 2.35. The van der Waals surface area contributed by atoms with Gasteiger partial charge in [0.15, 0.2) is 22.4 Å². The zero-order valence-electron chi connectivity index (χ0n) is 14.4. The molecule has 1 aromatic carbocycles. The SMILES string of the molecule is Cc1cc(C(=O)CSc2ncccn2)c(C)n1-c1ccc2c(c1)OCO2. The Hall–Kier alpha value is -2.80. The van der Waals surface area contributed by atoms with Gasteiger partial charge in [0.05, 0.1) is 5.75 Å². The van der Waals surface area contributed by atoms with Gasteiger partial charge in [-0.15, -0.1) is 0 Å². The molecule has 0 radical (unpaired) electrons. The topological polar surface area (TPSA) is 66.2 Å². The molecule has 0 amide bonds. The fraction of sp³-hybridized carbons (Fsp3) is 0.211. The second-order valence-electron chi connectivity index (χ2n) is 5.90. The summed E-state index contributed by atoms with van der Waals surface area (Å²) in [5.74, 6) is 1.82. The molecular weight excluding hydrogens is 350 g/mol. The molecule has 0 bridgehead atoms. The molecule has 2 aromatic heterocycles. The van der Waals surface area contributed by atoms with E-state index >= 15 is 0 Å². The molecule has 0 saturated carbocycles. The molecule has 0 atom stereocenters. The average Bonchev–Trinajstić information content (AvgIpc) is 3.24. The number of hydrogen-bond donors (Lipinski definition) is 0. The number of ketones is 1. The monoisotopic (exact) mass is 367 g/mol. The number of nitrogens with zero attached hydrogens (tertiary/aromatic N) is 3. The van der Waals surface area contributed by atoms with Crippen molar-refractivity contribution in [2.45, 2.75) is 19.0 Å². The van der Waals surface area contributed by atoms with Crippen LogP contribution in [0.5, 0.6) is 11.5 Å². The largest absolute Gasteiger partial charge is 0.454 e. The van der Waals surface area contributed by atoms with Crippen molar-refractivity contribution < 1.29 is 14.3 Å². The first-order valence-corrected chi connectivity index (χ1v) is 9.14. The summed E-state index contributed by atoms with van der Waals surface area (Å²) in [5, 5.41) is 0.602. The lowest BCUT2D eigenvalue weighted by Crippen LogP contribution is -2.06. The lowest BCUT2D eigenvalue weighted by molar-refractivity contribution is 0.102. The van der Waals surface area contributed by atoms with Crippen molar-refractivity contribution in [1.29, 1.82) is 0 Å². The first-order chi connectivity index (χ1) is 12.6. The molecule has 0 saturated heterocycles. The lowest BCUT2D eigenvalue weighted by Gasteiger charge is -2.10. The van der Waals surface area contributed by atoms with Crippen LogP contribution in [0, 0.1) is 13.8 Å². The highest BCUT2D eigenvalue weighted by atomic mass is 32.2. The average molecular weight is 367 g/mol. The molecule has 0 fully saturated rings. The number of rotatable bonds is 5. The van der Waals surface area contributed by atoms with E-state index in [4.69, 9.17) is 9.47 Å². The van der Waals surface area contributed by atoms with Crippen LogP contribution in [0.25, 0.3) is 5.69 Å². The number of fused-ring (bicyclic) bond motifs is 1. The molecule has 1 aliphatic heterocycles. The molecule has 0 N–H and O–H groups in total. The van der Waals surface area contributed by atoms with Crippen molar-refractivity contribution in [1.82, 2.24) is 14.5 Å². The van der Waals surface area contributed by atoms with Crippen LogP contribution in [-0.2, 0) is 0 Å². The smallest absolute Gasteiger partial charge is 0.231 e. The number of Topliss-reactive ketones (excluding diaryl/α,β-unsaturated/α-hetero) is 1. The van der Waals surface area contributed by atoms with Crippen molar-refractivity contribution in [3.63, 3.8) is 0 Å². The lowest BCUT2D eigenvalue weighted by atomic mass is 10.2. The second kappa shape index (κ2) is 6.84. The van der Waals surface area contributed by atoms with Crippen molar-refractivity contribution >= 4 is 17.5 Å². The van der Waals surface area contributed by atoms with Crippen LogP contribution in [0.4, 0.5) is 0 Å². The summed E-state index contributed by atoms with van der Waals surface area (Å²) >= 11 is 1.34. The number of carbonyl (C=O) groups is 1. The Labute approximate surface area is 155 Å². The van der Waals surface area contributed by atoms with Crippen molar-refractivity contribution in [3.8, 4) is 17.2 Å². The summed E-state index contributed by atoms with van der Waals surface area (Å²) in [6, 6.07) is 9.47. The predicted molar refractivity (Wildman–Crippen MR) is 98.5 cm³/mol. The van der Waals surface area contributed by atoms with Gasteiger partial charge in [0.2, 0.25) is 6.79 Å². The van der Waals surface area contributed by atoms with E-state index in [0.717, 1.165) is 28.6 Å². The van der Waals surface area contributed by atoms with Crippen molar-refractivity contribution in [3.05, 3.63) is 59.7 Å². The Bertz CT molecular complexity index is 970. The molecule has 7 heteroatoms. The second-order valence-corrected chi connectivity index (χ2v) is 6.84. The minimum Gasteiger partial charge on any atom is -0.454 e. The number of aromatic nitrogens is 3. The fourth-order valence-corrected chi connectivity index (χ4v) is 3.72. The number of carbonyl (C=O) groups excluding carboxylic acids is 1. The molecule has 3 aromatic rings. The van der Waals surface area contributed by atoms with E-state index in [1.165, 1.54) is 11.8 Å². The van der Waals surface area contributed by atoms with Crippen LogP contribution in [0.3, 0.4) is 0 Å². The first-order valence-electron chi connectivity index (χ1n) is 8.15. The van der Waals surface area contributed by atoms with Gasteiger partial charge in [-0.3, -0.25) is 4.79 Å². The van der Waals surface area contributed by atoms with Gasteiger partial charge >= 0.3 is 0 Å². The number of ether oxygens (including phenoxy) is 2. The summed E-state index contributed by atoms with van der Waals surface area (Å²) in [5.41, 5.74) is 3.55. The maximum Gasteiger partial charge on any atom is 0.231 e. The fourth-order valence-electron chi connectivity index (χ4n) is 3.03. The molecule has 4 rings (SSSR count). The maximum atomic E-state index is 12.7. The molecule has 0 unspecified atom stereocenters. The summed E-state index contributed by atoms with van der Waals surface area (Å²) in [6.45, 7) is 4.18. The third-order valence-corrected chi connectivity index (χ3v) is 5.10. The van der Waals surface area contributed by atoms with E-state index in [1.807, 2.05) is 38.1 Å². The molecular formula is C19H17N3O3S. The third kappa shape index (κ3) is 3.06. The zero-order chi connectivity index (χ0) is 18.1. The molecule has 0 spiro atoms. The minimum absolute atomic E-state index is 0.0579. The first kappa shape index (κ1) is 16.7. The Morgan fingerprint density at radius 2 is 1.92 bits per heavy atom. The van der Waals surface area contributed by atoms with Crippen molar-refractivity contribution in [2.24, 2.45) is 0 Å². The van der Waals surface area contributed by atoms with Gasteiger partial charge in [0, 0.05) is 41.1 Å². The van der Waals surface area contributed by atoms with E-state index in [-0.39, 0.29) is 12.6 Å². The third-order valence-electron chi connectivity index (χ3n) is 4.22. The van der Waals surface area contributed by atoms with Gasteiger partial charge in [-0.2, -0.15) is 0 Å². The van der Waals surface area contributed by atoms with Gasteiger partial charge in [-0.25, -0.2) is 9.97 Å². The Morgan fingerprint density at radius 1 is 1.15 bits per heavy atom. The maximum absolute atomic E-state index is 12.7. The summed E-state index contributed by atoms with van der Waals surface area (Å²) in [6.07, 6.45) is 3.34. The summed E-state index contributed by atoms with van der Waals surface area (Å²) < 4.78 is 12.9. The molecule has 1 aliphatic rings. The Kier molecular flexibility index (Phi) is 4.38. The van der Waals surface area contributed by atoms with Gasteiger partial charge in [-0.05, 0) is 38.1 Å². The molecule has 132 valence electrons. The number of thioether (sulfide) groups is 1. The van der Waals surface area contributed by atoms with E-state index in [0.29, 0.717) is 16.5 Å². The number of benzene rings is 1. The van der Waals surface area contributed by atoms with Gasteiger partial charge < -0.3 is 14.0 Å². The predicted octanol–water partition coefficient (Wildman–Crippen LogP) is 3.59. The highest BCUT2D eigenvalue weighted by Gasteiger charge is 2.19. The van der Waals surface area contributed by atoms with Crippen LogP contribution in [0.15, 0.2) is 47.9 Å². The number of hydrogen-bond acceptors (Lipinski definition) is 6. The van der Waals surface area contributed by atoms with Crippen LogP contribution >= 0.6 is 11.8 Å². The standard InChI is InChI=1S/C19H17N3O3S/c1-12-8-15(16(23)10-26-19-20-6-3-7-21-19)13(2)22(12)14-4-5-17-18(9-14)25-11-24-17/h3-9H,10-11H2,1-2H3. The normalized spacial score (nSPS) is 12.4. The van der Waals surface area contributed by atoms with Gasteiger partial charge in [-0.1, -0.05) is 11.8 Å². The van der Waals surface area contributed by atoms with E-state index < -0.39 is 0 Å². The summed E-state index contributed by atoms with van der Waals surface area (Å²) in [7, 11) is 0. The van der Waals surface area contributed by atoms with Crippen LogP contribution in [0.2, 0.25) is 0 Å². The molecule has 3 heterocycles. The Balaban J connectivity index is 1.59. The van der Waals surface area contributed by atoms with Crippen LogP contribution < -0.4 is 9.47 Å². The minimum atomic E-state index is 0.0579. The van der Waals surface area contributed by atoms with Gasteiger partial charge in [0.1, 0.15) is 0 Å². The van der Waals surface area contributed by atoms with Crippen LogP contribution in [0.1, 0.15) is 21.7 Å². The van der Waals surface area contributed by atoms with E-state index in [1.54, 1.807) is 18.5 Å². The van der Waals surface area contributed by atoms with E-state index in [2.05, 4.69) is 14.5 Å². The Morgan fingerprint density at radius 3 is 2.73 bits per heavy atom. The van der Waals surface area contributed by atoms with Crippen molar-refractivity contribution in [2.75, 3.05) is 12.5 Å². The quantitative estimate of drug-likeness (QED) is 0.390. The number of aryl methyl sites for hydroxylation is 1. The highest BCUT2D eigenvalue weighted by molar-refractivity contribution is 7.99. The van der Waals surface area contributed by atoms with Gasteiger partial charge in [0.25, 0.3) is 0 Å². The molecule has 6 nitrogen and oxygen atoms in total. The molecule has 0 aliphatic carbocycles. The molecule has 26 heavy (non-hydrogen) atoms. The zero-order valence-corrected chi connectivity index (χ0v) is 15.2. The van der Waals surface area contributed by atoms with Crippen LogP contribution in [-0.4, -0.2) is 32.9 Å². The summed E-state index contributed by atoms with van der Waals surface area (Å²) in [4.78, 5) is 21.0.